The van der Waals surface area contributed by atoms with Gasteiger partial charge >= 0.3 is 0 Å². The van der Waals surface area contributed by atoms with Crippen molar-refractivity contribution in [2.45, 2.75) is 32.7 Å². The molecule has 0 heterocycles. The zero-order chi connectivity index (χ0) is 15.9. The van der Waals surface area contributed by atoms with E-state index in [1.165, 1.54) is 17.7 Å². The molecule has 0 amide bonds. The van der Waals surface area contributed by atoms with Gasteiger partial charge in [0.15, 0.2) is 0 Å². The Kier molecular flexibility index (Phi) is 5.70. The largest absolute Gasteiger partial charge is 0.369 e. The third kappa shape index (κ3) is 4.42. The van der Waals surface area contributed by atoms with Crippen LogP contribution in [-0.4, -0.2) is 18.9 Å². The lowest BCUT2D eigenvalue weighted by Crippen LogP contribution is -2.31. The Balaban J connectivity index is 1.94. The SMILES string of the molecule is CC(C)N(CCCc1ccc(C=O)cc1)c1ccc(F)cc1. The van der Waals surface area contributed by atoms with E-state index < -0.39 is 0 Å². The van der Waals surface area contributed by atoms with Gasteiger partial charge in [0.25, 0.3) is 0 Å². The van der Waals surface area contributed by atoms with E-state index in [9.17, 15) is 9.18 Å². The molecule has 0 aromatic heterocycles. The molecule has 22 heavy (non-hydrogen) atoms. The van der Waals surface area contributed by atoms with Crippen LogP contribution in [0.2, 0.25) is 0 Å². The van der Waals surface area contributed by atoms with Crippen molar-refractivity contribution in [3.05, 3.63) is 65.5 Å². The van der Waals surface area contributed by atoms with Crippen LogP contribution in [0.1, 0.15) is 36.2 Å². The first kappa shape index (κ1) is 16.2. The fourth-order valence-electron chi connectivity index (χ4n) is 2.53. The number of halogens is 1. The first-order valence-electron chi connectivity index (χ1n) is 7.66. The number of benzene rings is 2. The average Bonchev–Trinajstić information content (AvgIpc) is 2.53. The molecule has 0 atom stereocenters. The molecule has 0 aliphatic carbocycles. The van der Waals surface area contributed by atoms with Crippen molar-refractivity contribution in [2.75, 3.05) is 11.4 Å². The topological polar surface area (TPSA) is 20.3 Å². The van der Waals surface area contributed by atoms with Gasteiger partial charge in [-0.25, -0.2) is 4.39 Å². The minimum absolute atomic E-state index is 0.206. The minimum atomic E-state index is -0.206. The third-order valence-corrected chi connectivity index (χ3v) is 3.76. The van der Waals surface area contributed by atoms with E-state index in [0.29, 0.717) is 11.6 Å². The maximum atomic E-state index is 13.0. The van der Waals surface area contributed by atoms with Gasteiger partial charge in [-0.15, -0.1) is 0 Å². The van der Waals surface area contributed by atoms with Crippen LogP contribution in [0.4, 0.5) is 10.1 Å². The van der Waals surface area contributed by atoms with E-state index >= 15 is 0 Å². The molecular formula is C19H22FNO. The standard InChI is InChI=1S/C19H22FNO/c1-15(2)21(19-11-9-18(20)10-12-19)13-3-4-16-5-7-17(14-22)8-6-16/h5-12,14-15H,3-4,13H2,1-2H3. The maximum Gasteiger partial charge on any atom is 0.150 e. The molecule has 0 spiro atoms. The molecule has 0 saturated heterocycles. The molecule has 2 nitrogen and oxygen atoms in total. The van der Waals surface area contributed by atoms with Gasteiger partial charge in [0, 0.05) is 23.8 Å². The van der Waals surface area contributed by atoms with E-state index in [1.54, 1.807) is 0 Å². The number of anilines is 1. The van der Waals surface area contributed by atoms with Crippen molar-refractivity contribution in [3.8, 4) is 0 Å². The summed E-state index contributed by atoms with van der Waals surface area (Å²) in [6.07, 6.45) is 2.83. The quantitative estimate of drug-likeness (QED) is 0.702. The molecule has 0 radical (unpaired) electrons. The van der Waals surface area contributed by atoms with Crippen LogP contribution in [0.15, 0.2) is 48.5 Å². The van der Waals surface area contributed by atoms with Crippen LogP contribution >= 0.6 is 0 Å². The van der Waals surface area contributed by atoms with Crippen molar-refractivity contribution in [1.82, 2.24) is 0 Å². The summed E-state index contributed by atoms with van der Waals surface area (Å²) < 4.78 is 13.0. The van der Waals surface area contributed by atoms with Crippen LogP contribution in [0.5, 0.6) is 0 Å². The van der Waals surface area contributed by atoms with Gasteiger partial charge in [-0.2, -0.15) is 0 Å². The van der Waals surface area contributed by atoms with E-state index in [-0.39, 0.29) is 5.82 Å². The van der Waals surface area contributed by atoms with E-state index in [2.05, 4.69) is 18.7 Å². The Morgan fingerprint density at radius 2 is 1.68 bits per heavy atom. The molecule has 116 valence electrons. The Bertz CT molecular complexity index is 590. The maximum absolute atomic E-state index is 13.0. The zero-order valence-electron chi connectivity index (χ0n) is 13.1. The number of hydrogen-bond acceptors (Lipinski definition) is 2. The molecule has 0 aliphatic heterocycles. The lowest BCUT2D eigenvalue weighted by atomic mass is 10.1. The molecular weight excluding hydrogens is 277 g/mol. The predicted octanol–water partition coefficient (Wildman–Crippen LogP) is 4.49. The van der Waals surface area contributed by atoms with Crippen molar-refractivity contribution < 1.29 is 9.18 Å². The summed E-state index contributed by atoms with van der Waals surface area (Å²) in [7, 11) is 0. The van der Waals surface area contributed by atoms with Crippen molar-refractivity contribution >= 4 is 12.0 Å². The summed E-state index contributed by atoms with van der Waals surface area (Å²) in [4.78, 5) is 12.9. The van der Waals surface area contributed by atoms with E-state index in [0.717, 1.165) is 31.4 Å². The smallest absolute Gasteiger partial charge is 0.150 e. The van der Waals surface area contributed by atoms with Crippen LogP contribution in [0.3, 0.4) is 0 Å². The molecule has 2 rings (SSSR count). The monoisotopic (exact) mass is 299 g/mol. The van der Waals surface area contributed by atoms with Crippen LogP contribution in [-0.2, 0) is 6.42 Å². The summed E-state index contributed by atoms with van der Waals surface area (Å²) in [5.41, 5.74) is 2.99. The molecule has 2 aromatic carbocycles. The summed E-state index contributed by atoms with van der Waals surface area (Å²) in [5.74, 6) is -0.206. The molecule has 0 aliphatic rings. The number of rotatable bonds is 7. The van der Waals surface area contributed by atoms with Gasteiger partial charge in [0.05, 0.1) is 0 Å². The number of hydrogen-bond donors (Lipinski definition) is 0. The Morgan fingerprint density at radius 3 is 2.23 bits per heavy atom. The highest BCUT2D eigenvalue weighted by Crippen LogP contribution is 2.18. The van der Waals surface area contributed by atoms with Crippen molar-refractivity contribution in [2.24, 2.45) is 0 Å². The van der Waals surface area contributed by atoms with Gasteiger partial charge in [-0.3, -0.25) is 4.79 Å². The molecule has 0 unspecified atom stereocenters. The highest BCUT2D eigenvalue weighted by molar-refractivity contribution is 5.74. The van der Waals surface area contributed by atoms with Crippen molar-refractivity contribution in [3.63, 3.8) is 0 Å². The van der Waals surface area contributed by atoms with Crippen LogP contribution in [0.25, 0.3) is 0 Å². The van der Waals surface area contributed by atoms with Crippen LogP contribution < -0.4 is 4.90 Å². The summed E-state index contributed by atoms with van der Waals surface area (Å²) in [6, 6.07) is 14.7. The number of carbonyl (C=O) groups excluding carboxylic acids is 1. The highest BCUT2D eigenvalue weighted by Gasteiger charge is 2.10. The zero-order valence-corrected chi connectivity index (χ0v) is 13.1. The van der Waals surface area contributed by atoms with E-state index in [4.69, 9.17) is 0 Å². The normalized spacial score (nSPS) is 10.7. The lowest BCUT2D eigenvalue weighted by molar-refractivity contribution is 0.112. The number of aldehydes is 1. The third-order valence-electron chi connectivity index (χ3n) is 3.76. The molecule has 2 aromatic rings. The summed E-state index contributed by atoms with van der Waals surface area (Å²) >= 11 is 0. The molecule has 0 bridgehead atoms. The molecule has 0 saturated carbocycles. The molecule has 0 N–H and O–H groups in total. The molecule has 0 fully saturated rings. The number of aryl methyl sites for hydroxylation is 1. The first-order chi connectivity index (χ1) is 10.6. The van der Waals surface area contributed by atoms with Gasteiger partial charge in [-0.05, 0) is 56.5 Å². The Labute approximate surface area is 131 Å². The average molecular weight is 299 g/mol. The second kappa shape index (κ2) is 7.74. The van der Waals surface area contributed by atoms with Gasteiger partial charge < -0.3 is 4.90 Å². The minimum Gasteiger partial charge on any atom is -0.369 e. The Hall–Kier alpha value is -2.16. The van der Waals surface area contributed by atoms with Gasteiger partial charge in [-0.1, -0.05) is 24.3 Å². The molecule has 3 heteroatoms. The lowest BCUT2D eigenvalue weighted by Gasteiger charge is -2.29. The number of carbonyl (C=O) groups is 1. The summed E-state index contributed by atoms with van der Waals surface area (Å²) in [5, 5.41) is 0. The fourth-order valence-corrected chi connectivity index (χ4v) is 2.53. The second-order valence-corrected chi connectivity index (χ2v) is 5.73. The highest BCUT2D eigenvalue weighted by atomic mass is 19.1. The Morgan fingerprint density at radius 1 is 1.05 bits per heavy atom. The summed E-state index contributed by atoms with van der Waals surface area (Å²) in [6.45, 7) is 5.20. The predicted molar refractivity (Wildman–Crippen MR) is 89.0 cm³/mol. The van der Waals surface area contributed by atoms with Crippen LogP contribution in [0, 0.1) is 5.82 Å². The first-order valence-corrected chi connectivity index (χ1v) is 7.66. The van der Waals surface area contributed by atoms with Crippen molar-refractivity contribution in [1.29, 1.82) is 0 Å². The van der Waals surface area contributed by atoms with E-state index in [1.807, 2.05) is 36.4 Å². The number of nitrogens with zero attached hydrogens (tertiary/aromatic N) is 1. The second-order valence-electron chi connectivity index (χ2n) is 5.73. The fraction of sp³-hybridized carbons (Fsp3) is 0.316. The van der Waals surface area contributed by atoms with Gasteiger partial charge in [0.1, 0.15) is 12.1 Å². The van der Waals surface area contributed by atoms with Gasteiger partial charge in [0.2, 0.25) is 0 Å².